The maximum atomic E-state index is 11.7. The van der Waals surface area contributed by atoms with Crippen molar-refractivity contribution in [2.75, 3.05) is 7.05 Å². The van der Waals surface area contributed by atoms with Crippen molar-refractivity contribution < 1.29 is 13.2 Å². The van der Waals surface area contributed by atoms with Crippen LogP contribution in [0.2, 0.25) is 0 Å². The van der Waals surface area contributed by atoms with Crippen LogP contribution in [0.4, 0.5) is 0 Å². The Hall–Kier alpha value is -1.40. The predicted molar refractivity (Wildman–Crippen MR) is 84.0 cm³/mol. The van der Waals surface area contributed by atoms with E-state index >= 15 is 0 Å². The van der Waals surface area contributed by atoms with E-state index in [9.17, 15) is 13.2 Å². The first-order valence-corrected chi connectivity index (χ1v) is 8.52. The van der Waals surface area contributed by atoms with Crippen molar-refractivity contribution in [2.45, 2.75) is 39.5 Å². The number of carbonyl (C=O) groups excluding carboxylic acids is 1. The molecule has 1 rings (SSSR count). The van der Waals surface area contributed by atoms with Gasteiger partial charge in [-0.1, -0.05) is 45.0 Å². The average Bonchev–Trinajstić information content (AvgIpc) is 2.35. The third-order valence-corrected chi connectivity index (χ3v) is 4.21. The largest absolute Gasteiger partial charge is 0.352 e. The fourth-order valence-electron chi connectivity index (χ4n) is 1.79. The molecule has 21 heavy (non-hydrogen) atoms. The van der Waals surface area contributed by atoms with Crippen LogP contribution in [0.5, 0.6) is 0 Å². The maximum Gasteiger partial charge on any atom is 0.220 e. The summed E-state index contributed by atoms with van der Waals surface area (Å²) in [5, 5.41) is 2.86. The molecule has 0 atom stereocenters. The number of hydrogen-bond acceptors (Lipinski definition) is 3. The van der Waals surface area contributed by atoms with Gasteiger partial charge in [0.25, 0.3) is 0 Å². The Morgan fingerprint density at radius 1 is 1.10 bits per heavy atom. The molecular formula is C15H24N2O3S. The van der Waals surface area contributed by atoms with Gasteiger partial charge in [0, 0.05) is 13.0 Å². The van der Waals surface area contributed by atoms with Crippen LogP contribution in [0.3, 0.4) is 0 Å². The highest BCUT2D eigenvalue weighted by Gasteiger charge is 2.15. The van der Waals surface area contributed by atoms with Gasteiger partial charge < -0.3 is 5.32 Å². The highest BCUT2D eigenvalue weighted by molar-refractivity contribution is 7.88. The minimum atomic E-state index is -3.25. The summed E-state index contributed by atoms with van der Waals surface area (Å²) < 4.78 is 25.1. The maximum absolute atomic E-state index is 11.7. The van der Waals surface area contributed by atoms with Crippen LogP contribution in [0.15, 0.2) is 24.3 Å². The van der Waals surface area contributed by atoms with Gasteiger partial charge in [-0.15, -0.1) is 0 Å². The minimum Gasteiger partial charge on any atom is -0.352 e. The summed E-state index contributed by atoms with van der Waals surface area (Å²) in [6.07, 6.45) is 0.478. The monoisotopic (exact) mass is 312 g/mol. The van der Waals surface area contributed by atoms with Gasteiger partial charge in [-0.05, 0) is 23.6 Å². The van der Waals surface area contributed by atoms with Gasteiger partial charge in [0.1, 0.15) is 0 Å². The molecular weight excluding hydrogens is 288 g/mol. The van der Waals surface area contributed by atoms with Gasteiger partial charge >= 0.3 is 0 Å². The lowest BCUT2D eigenvalue weighted by molar-refractivity contribution is -0.122. The van der Waals surface area contributed by atoms with Gasteiger partial charge in [-0.25, -0.2) is 13.1 Å². The minimum absolute atomic E-state index is 0.0179. The summed E-state index contributed by atoms with van der Waals surface area (Å²) in [5.74, 6) is -0.0236. The van der Waals surface area contributed by atoms with Crippen LogP contribution in [0.25, 0.3) is 0 Å². The molecule has 1 amide bonds. The zero-order valence-electron chi connectivity index (χ0n) is 13.1. The third-order valence-electron chi connectivity index (χ3n) is 2.87. The molecule has 6 heteroatoms. The van der Waals surface area contributed by atoms with Crippen molar-refractivity contribution in [3.63, 3.8) is 0 Å². The van der Waals surface area contributed by atoms with E-state index in [0.717, 1.165) is 5.56 Å². The number of benzene rings is 1. The van der Waals surface area contributed by atoms with Crippen molar-refractivity contribution in [1.82, 2.24) is 10.0 Å². The molecule has 0 spiro atoms. The first-order valence-electron chi connectivity index (χ1n) is 6.87. The number of amides is 1. The Bertz CT molecular complexity index is 572. The van der Waals surface area contributed by atoms with Crippen molar-refractivity contribution in [3.05, 3.63) is 35.4 Å². The molecule has 1 aromatic carbocycles. The van der Waals surface area contributed by atoms with Crippen LogP contribution in [-0.2, 0) is 27.1 Å². The van der Waals surface area contributed by atoms with E-state index in [1.165, 1.54) is 7.05 Å². The van der Waals surface area contributed by atoms with E-state index in [1.807, 2.05) is 32.9 Å². The van der Waals surface area contributed by atoms with Gasteiger partial charge in [0.05, 0.1) is 5.75 Å². The number of sulfonamides is 1. The first kappa shape index (κ1) is 17.7. The summed E-state index contributed by atoms with van der Waals surface area (Å²) in [7, 11) is -1.85. The molecule has 1 aromatic rings. The summed E-state index contributed by atoms with van der Waals surface area (Å²) in [6, 6.07) is 7.19. The molecule has 0 aliphatic rings. The molecule has 2 N–H and O–H groups in total. The predicted octanol–water partition coefficient (Wildman–Crippen LogP) is 1.79. The second kappa shape index (κ2) is 7.04. The van der Waals surface area contributed by atoms with E-state index in [1.54, 1.807) is 12.1 Å². The second-order valence-electron chi connectivity index (χ2n) is 6.29. The van der Waals surface area contributed by atoms with E-state index in [4.69, 9.17) is 0 Å². The third kappa shape index (κ3) is 7.24. The van der Waals surface area contributed by atoms with Crippen LogP contribution in [-0.4, -0.2) is 21.4 Å². The fraction of sp³-hybridized carbons (Fsp3) is 0.533. The Labute approximate surface area is 127 Å². The van der Waals surface area contributed by atoms with Crippen molar-refractivity contribution >= 4 is 15.9 Å². The molecule has 0 aliphatic heterocycles. The van der Waals surface area contributed by atoms with Gasteiger partial charge in [0.2, 0.25) is 15.9 Å². The zero-order chi connectivity index (χ0) is 16.1. The first-order chi connectivity index (χ1) is 9.61. The van der Waals surface area contributed by atoms with Crippen LogP contribution in [0, 0.1) is 5.41 Å². The SMILES string of the molecule is CNS(=O)(=O)Cc1ccc(CNC(=O)CC(C)(C)C)cc1. The molecule has 0 aromatic heterocycles. The highest BCUT2D eigenvalue weighted by atomic mass is 32.2. The lowest BCUT2D eigenvalue weighted by atomic mass is 9.92. The standard InChI is InChI=1S/C15H24N2O3S/c1-15(2,3)9-14(18)17-10-12-5-7-13(8-6-12)11-21(19,20)16-4/h5-8,16H,9-11H2,1-4H3,(H,17,18). The Morgan fingerprint density at radius 3 is 2.10 bits per heavy atom. The molecule has 0 unspecified atom stereocenters. The number of nitrogens with one attached hydrogen (secondary N) is 2. The summed E-state index contributed by atoms with van der Waals surface area (Å²) >= 11 is 0. The number of rotatable bonds is 6. The molecule has 5 nitrogen and oxygen atoms in total. The zero-order valence-corrected chi connectivity index (χ0v) is 13.9. The Kier molecular flexibility index (Phi) is 5.92. The summed E-state index contributed by atoms with van der Waals surface area (Å²) in [5.41, 5.74) is 1.63. The Balaban J connectivity index is 2.54. The molecule has 0 radical (unpaired) electrons. The molecule has 0 saturated heterocycles. The van der Waals surface area contributed by atoms with E-state index in [2.05, 4.69) is 10.0 Å². The highest BCUT2D eigenvalue weighted by Crippen LogP contribution is 2.18. The van der Waals surface area contributed by atoms with E-state index in [-0.39, 0.29) is 17.1 Å². The smallest absolute Gasteiger partial charge is 0.220 e. The lowest BCUT2D eigenvalue weighted by Crippen LogP contribution is -2.27. The quantitative estimate of drug-likeness (QED) is 0.841. The number of carbonyl (C=O) groups is 1. The van der Waals surface area contributed by atoms with Crippen molar-refractivity contribution in [3.8, 4) is 0 Å². The van der Waals surface area contributed by atoms with Gasteiger partial charge in [0.15, 0.2) is 0 Å². The topological polar surface area (TPSA) is 75.3 Å². The Morgan fingerprint density at radius 2 is 1.62 bits per heavy atom. The van der Waals surface area contributed by atoms with Gasteiger partial charge in [-0.3, -0.25) is 4.79 Å². The molecule has 0 saturated carbocycles. The normalized spacial score (nSPS) is 12.2. The van der Waals surface area contributed by atoms with E-state index < -0.39 is 10.0 Å². The van der Waals surface area contributed by atoms with Crippen LogP contribution < -0.4 is 10.0 Å². The van der Waals surface area contributed by atoms with E-state index in [0.29, 0.717) is 18.5 Å². The summed E-state index contributed by atoms with van der Waals surface area (Å²) in [4.78, 5) is 11.7. The second-order valence-corrected chi connectivity index (χ2v) is 8.22. The number of hydrogen-bond donors (Lipinski definition) is 2. The molecule has 0 bridgehead atoms. The van der Waals surface area contributed by atoms with Crippen molar-refractivity contribution in [2.24, 2.45) is 5.41 Å². The lowest BCUT2D eigenvalue weighted by Gasteiger charge is -2.17. The average molecular weight is 312 g/mol. The molecule has 0 heterocycles. The fourth-order valence-corrected chi connectivity index (χ4v) is 2.57. The van der Waals surface area contributed by atoms with Crippen molar-refractivity contribution in [1.29, 1.82) is 0 Å². The molecule has 0 aliphatic carbocycles. The molecule has 0 fully saturated rings. The summed E-state index contributed by atoms with van der Waals surface area (Å²) in [6.45, 7) is 6.50. The van der Waals surface area contributed by atoms with Crippen LogP contribution >= 0.6 is 0 Å². The van der Waals surface area contributed by atoms with Gasteiger partial charge in [-0.2, -0.15) is 0 Å². The molecule has 118 valence electrons. The van der Waals surface area contributed by atoms with Crippen LogP contribution in [0.1, 0.15) is 38.3 Å².